The molecule has 0 spiro atoms. The van der Waals surface area contributed by atoms with Gasteiger partial charge in [0.1, 0.15) is 5.75 Å². The number of aliphatic carboxylic acids is 1. The molecule has 0 aromatic heterocycles. The Morgan fingerprint density at radius 3 is 2.44 bits per heavy atom. The normalized spacial score (nSPS) is 11.8. The van der Waals surface area contributed by atoms with Crippen molar-refractivity contribution in [2.75, 3.05) is 13.2 Å². The Balaban J connectivity index is 2.01. The lowest BCUT2D eigenvalue weighted by molar-refractivity contribution is -0.138. The topological polar surface area (TPSA) is 75.6 Å². The first kappa shape index (κ1) is 18.5. The van der Waals surface area contributed by atoms with Crippen LogP contribution in [0.4, 0.5) is 0 Å². The Morgan fingerprint density at radius 1 is 1.08 bits per heavy atom. The molecule has 1 unspecified atom stereocenters. The number of nitrogens with one attached hydrogen (secondary N) is 1. The first-order valence-electron chi connectivity index (χ1n) is 8.26. The third kappa shape index (κ3) is 5.64. The van der Waals surface area contributed by atoms with E-state index in [1.807, 2.05) is 19.9 Å². The molecule has 0 saturated carbocycles. The summed E-state index contributed by atoms with van der Waals surface area (Å²) in [6.45, 7) is 4.69. The fraction of sp³-hybridized carbons (Fsp3) is 0.300. The maximum atomic E-state index is 12.3. The maximum Gasteiger partial charge on any atom is 0.312 e. The molecule has 0 saturated heterocycles. The van der Waals surface area contributed by atoms with Crippen LogP contribution in [0, 0.1) is 5.92 Å². The second kappa shape index (κ2) is 8.87. The number of ether oxygens (including phenoxy) is 1. The third-order valence-corrected chi connectivity index (χ3v) is 3.65. The number of carboxylic acids is 1. The number of benzene rings is 2. The van der Waals surface area contributed by atoms with E-state index >= 15 is 0 Å². The summed E-state index contributed by atoms with van der Waals surface area (Å²) >= 11 is 0. The van der Waals surface area contributed by atoms with Gasteiger partial charge in [-0.1, -0.05) is 50.2 Å². The van der Waals surface area contributed by atoms with Crippen molar-refractivity contribution in [2.24, 2.45) is 5.92 Å². The summed E-state index contributed by atoms with van der Waals surface area (Å²) in [4.78, 5) is 23.8. The van der Waals surface area contributed by atoms with Crippen LogP contribution in [0.1, 0.15) is 35.7 Å². The number of carbonyl (C=O) groups excluding carboxylic acids is 1. The second-order valence-corrected chi connectivity index (χ2v) is 6.24. The van der Waals surface area contributed by atoms with Crippen molar-refractivity contribution in [1.29, 1.82) is 0 Å². The first-order chi connectivity index (χ1) is 12.0. The van der Waals surface area contributed by atoms with Crippen molar-refractivity contribution in [3.63, 3.8) is 0 Å². The van der Waals surface area contributed by atoms with Crippen LogP contribution in [-0.4, -0.2) is 30.1 Å². The molecule has 5 nitrogen and oxygen atoms in total. The zero-order valence-corrected chi connectivity index (χ0v) is 14.4. The van der Waals surface area contributed by atoms with Crippen molar-refractivity contribution >= 4 is 11.9 Å². The molecule has 0 fully saturated rings. The van der Waals surface area contributed by atoms with Gasteiger partial charge < -0.3 is 15.2 Å². The molecule has 2 aromatic rings. The van der Waals surface area contributed by atoms with Crippen molar-refractivity contribution < 1.29 is 19.4 Å². The van der Waals surface area contributed by atoms with Gasteiger partial charge in [0, 0.05) is 12.1 Å². The Bertz CT molecular complexity index is 713. The number of carboxylic acid groups (broad SMARTS) is 1. The highest BCUT2D eigenvalue weighted by Gasteiger charge is 2.20. The predicted molar refractivity (Wildman–Crippen MR) is 95.9 cm³/mol. The molecule has 2 aromatic carbocycles. The minimum absolute atomic E-state index is 0.0231. The van der Waals surface area contributed by atoms with Crippen molar-refractivity contribution in [1.82, 2.24) is 5.32 Å². The lowest BCUT2D eigenvalue weighted by Gasteiger charge is -2.14. The van der Waals surface area contributed by atoms with Gasteiger partial charge >= 0.3 is 5.97 Å². The van der Waals surface area contributed by atoms with Gasteiger partial charge in [-0.25, -0.2) is 0 Å². The average molecular weight is 341 g/mol. The van der Waals surface area contributed by atoms with Crippen molar-refractivity contribution in [2.45, 2.75) is 19.8 Å². The number of carbonyl (C=O) groups is 2. The van der Waals surface area contributed by atoms with Gasteiger partial charge in [0.2, 0.25) is 0 Å². The summed E-state index contributed by atoms with van der Waals surface area (Å²) in [7, 11) is 0. The maximum absolute atomic E-state index is 12.3. The zero-order chi connectivity index (χ0) is 18.2. The minimum Gasteiger partial charge on any atom is -0.493 e. The highest BCUT2D eigenvalue weighted by atomic mass is 16.5. The van der Waals surface area contributed by atoms with Gasteiger partial charge in [0.05, 0.1) is 12.5 Å². The number of hydrogen-bond acceptors (Lipinski definition) is 3. The zero-order valence-electron chi connectivity index (χ0n) is 14.4. The fourth-order valence-electron chi connectivity index (χ4n) is 2.32. The highest BCUT2D eigenvalue weighted by molar-refractivity contribution is 5.95. The number of amides is 1. The Labute approximate surface area is 147 Å². The average Bonchev–Trinajstić information content (AvgIpc) is 2.61. The largest absolute Gasteiger partial charge is 0.493 e. The molecule has 0 radical (unpaired) electrons. The molecule has 132 valence electrons. The summed E-state index contributed by atoms with van der Waals surface area (Å²) in [5, 5.41) is 12.1. The Hall–Kier alpha value is -2.82. The second-order valence-electron chi connectivity index (χ2n) is 6.24. The summed E-state index contributed by atoms with van der Waals surface area (Å²) in [6, 6.07) is 15.7. The van der Waals surface area contributed by atoms with E-state index in [0.717, 1.165) is 0 Å². The summed E-state index contributed by atoms with van der Waals surface area (Å²) in [6.07, 6.45) is 0. The van der Waals surface area contributed by atoms with Crippen molar-refractivity contribution in [3.8, 4) is 5.75 Å². The monoisotopic (exact) mass is 341 g/mol. The van der Waals surface area contributed by atoms with Crippen LogP contribution in [0.25, 0.3) is 0 Å². The van der Waals surface area contributed by atoms with E-state index in [0.29, 0.717) is 29.4 Å². The predicted octanol–water partition coefficient (Wildman–Crippen LogP) is 3.32. The molecule has 0 bridgehead atoms. The van der Waals surface area contributed by atoms with Crippen LogP contribution in [-0.2, 0) is 4.79 Å². The van der Waals surface area contributed by atoms with Gasteiger partial charge in [-0.2, -0.15) is 0 Å². The van der Waals surface area contributed by atoms with Crippen LogP contribution in [0.3, 0.4) is 0 Å². The van der Waals surface area contributed by atoms with E-state index < -0.39 is 11.9 Å². The van der Waals surface area contributed by atoms with Gasteiger partial charge in [-0.15, -0.1) is 0 Å². The molecule has 0 aliphatic heterocycles. The molecule has 25 heavy (non-hydrogen) atoms. The lowest BCUT2D eigenvalue weighted by Crippen LogP contribution is -2.31. The molecule has 0 aliphatic carbocycles. The summed E-state index contributed by atoms with van der Waals surface area (Å²) in [5.41, 5.74) is 1.10. The molecule has 0 heterocycles. The molecule has 1 amide bonds. The third-order valence-electron chi connectivity index (χ3n) is 3.65. The van der Waals surface area contributed by atoms with E-state index in [2.05, 4.69) is 5.32 Å². The first-order valence-corrected chi connectivity index (χ1v) is 8.26. The SMILES string of the molecule is CC(C)COc1cccc(C(=O)NCC(C(=O)O)c2ccccc2)c1. The van der Waals surface area contributed by atoms with E-state index in [1.54, 1.807) is 48.5 Å². The van der Waals surface area contributed by atoms with Crippen LogP contribution in [0.15, 0.2) is 54.6 Å². The molecule has 5 heteroatoms. The van der Waals surface area contributed by atoms with Crippen LogP contribution in [0.5, 0.6) is 5.75 Å². The Kier molecular flexibility index (Phi) is 6.57. The van der Waals surface area contributed by atoms with Gasteiger partial charge in [0.25, 0.3) is 5.91 Å². The van der Waals surface area contributed by atoms with Crippen LogP contribution in [0.2, 0.25) is 0 Å². The number of hydrogen-bond donors (Lipinski definition) is 2. The minimum atomic E-state index is -0.972. The quantitative estimate of drug-likeness (QED) is 0.772. The Morgan fingerprint density at radius 2 is 1.80 bits per heavy atom. The van der Waals surface area contributed by atoms with Crippen LogP contribution >= 0.6 is 0 Å². The molecular weight excluding hydrogens is 318 g/mol. The smallest absolute Gasteiger partial charge is 0.312 e. The number of rotatable bonds is 8. The summed E-state index contributed by atoms with van der Waals surface area (Å²) in [5.74, 6) is -1.07. The van der Waals surface area contributed by atoms with Gasteiger partial charge in [-0.3, -0.25) is 9.59 Å². The van der Waals surface area contributed by atoms with E-state index in [4.69, 9.17) is 4.74 Å². The van der Waals surface area contributed by atoms with Crippen molar-refractivity contribution in [3.05, 3.63) is 65.7 Å². The van der Waals surface area contributed by atoms with Crippen LogP contribution < -0.4 is 10.1 Å². The van der Waals surface area contributed by atoms with E-state index in [-0.39, 0.29) is 12.5 Å². The van der Waals surface area contributed by atoms with Gasteiger partial charge in [0.15, 0.2) is 0 Å². The molecular formula is C20H23NO4. The highest BCUT2D eigenvalue weighted by Crippen LogP contribution is 2.17. The fourth-order valence-corrected chi connectivity index (χ4v) is 2.32. The standard InChI is InChI=1S/C20H23NO4/c1-14(2)13-25-17-10-6-9-16(11-17)19(22)21-12-18(20(23)24)15-7-4-3-5-8-15/h3-11,14,18H,12-13H2,1-2H3,(H,21,22)(H,23,24). The summed E-state index contributed by atoms with van der Waals surface area (Å²) < 4.78 is 5.62. The molecule has 2 rings (SSSR count). The molecule has 2 N–H and O–H groups in total. The molecule has 1 atom stereocenters. The van der Waals surface area contributed by atoms with E-state index in [9.17, 15) is 14.7 Å². The molecule has 0 aliphatic rings. The van der Waals surface area contributed by atoms with Gasteiger partial charge in [-0.05, 0) is 29.7 Å². The lowest BCUT2D eigenvalue weighted by atomic mass is 9.99. The van der Waals surface area contributed by atoms with E-state index in [1.165, 1.54) is 0 Å².